The Hall–Kier alpha value is -5.80. The Kier molecular flexibility index (Phi) is 10.5. The maximum Gasteiger partial charge on any atom is 0.252 e. The highest BCUT2D eigenvalue weighted by Crippen LogP contribution is 2.49. The van der Waals surface area contributed by atoms with Crippen molar-refractivity contribution < 1.29 is 0 Å². The molecular weight excluding hydrogens is 784 g/mol. The summed E-state index contributed by atoms with van der Waals surface area (Å²) in [6, 6.07) is 49.9. The van der Waals surface area contributed by atoms with Crippen molar-refractivity contribution in [3.63, 3.8) is 0 Å². The van der Waals surface area contributed by atoms with Gasteiger partial charge in [-0.2, -0.15) is 0 Å². The number of nitrogens with zero attached hydrogens (tertiary/aromatic N) is 2. The number of hydrogen-bond donors (Lipinski definition) is 0. The number of fused-ring (bicyclic) bond motifs is 4. The molecule has 0 saturated carbocycles. The van der Waals surface area contributed by atoms with Gasteiger partial charge >= 0.3 is 0 Å². The number of aryl methyl sites for hydroxylation is 4. The zero-order valence-corrected chi connectivity index (χ0v) is 42.1. The van der Waals surface area contributed by atoms with Crippen LogP contribution < -0.4 is 26.2 Å². The number of rotatable bonds is 4. The lowest BCUT2D eigenvalue weighted by molar-refractivity contribution is 0.568. The number of anilines is 6. The van der Waals surface area contributed by atoms with Crippen LogP contribution >= 0.6 is 0 Å². The average molecular weight is 853 g/mol. The van der Waals surface area contributed by atoms with Crippen LogP contribution in [-0.2, 0) is 21.7 Å². The standard InChI is InChI=1S/C62H69BN2/c1-38-22-24-53-51(26-38)63-52-27-39(2)23-25-54(52)65(50-36-47(61(11,12)13)33-48(37-50)62(14,15)16)56-31-44(57-40(3)28-43(29-41(57)4)42-20-18-17-19-21-42)30-55(58(56)63)64(53)49-34-45(59(5,6)7)32-46(35-49)60(8,9)10/h17-37H,1-16H3. The summed E-state index contributed by atoms with van der Waals surface area (Å²) in [5.41, 5.74) is 26.8. The van der Waals surface area contributed by atoms with E-state index in [1.54, 1.807) is 0 Å². The van der Waals surface area contributed by atoms with Crippen LogP contribution in [0, 0.1) is 27.7 Å². The van der Waals surface area contributed by atoms with Crippen LogP contribution in [0.1, 0.15) is 128 Å². The first-order valence-corrected chi connectivity index (χ1v) is 23.9. The van der Waals surface area contributed by atoms with Gasteiger partial charge in [0.25, 0.3) is 6.71 Å². The predicted octanol–water partition coefficient (Wildman–Crippen LogP) is 15.5. The molecule has 0 N–H and O–H groups in total. The van der Waals surface area contributed by atoms with Crippen LogP contribution in [0.25, 0.3) is 22.3 Å². The zero-order chi connectivity index (χ0) is 46.7. The molecular formula is C62H69BN2. The van der Waals surface area contributed by atoms with Crippen molar-refractivity contribution in [2.45, 2.75) is 132 Å². The van der Waals surface area contributed by atoms with E-state index < -0.39 is 0 Å². The van der Waals surface area contributed by atoms with Gasteiger partial charge in [0.2, 0.25) is 0 Å². The highest BCUT2D eigenvalue weighted by atomic mass is 15.2. The molecule has 2 aliphatic heterocycles. The molecule has 2 nitrogen and oxygen atoms in total. The van der Waals surface area contributed by atoms with Crippen LogP contribution in [0.5, 0.6) is 0 Å². The molecule has 0 saturated heterocycles. The molecule has 2 aliphatic rings. The first kappa shape index (κ1) is 44.4. The van der Waals surface area contributed by atoms with E-state index in [-0.39, 0.29) is 28.4 Å². The van der Waals surface area contributed by atoms with E-state index in [1.807, 2.05) is 0 Å². The lowest BCUT2D eigenvalue weighted by Crippen LogP contribution is -2.61. The van der Waals surface area contributed by atoms with Crippen LogP contribution in [0.2, 0.25) is 0 Å². The van der Waals surface area contributed by atoms with Gasteiger partial charge in [0.1, 0.15) is 0 Å². The topological polar surface area (TPSA) is 6.48 Å². The Morgan fingerprint density at radius 1 is 0.354 bits per heavy atom. The fourth-order valence-electron chi connectivity index (χ4n) is 10.4. The van der Waals surface area contributed by atoms with Gasteiger partial charge in [0, 0.05) is 34.1 Å². The Labute approximate surface area is 391 Å². The van der Waals surface area contributed by atoms with E-state index >= 15 is 0 Å². The summed E-state index contributed by atoms with van der Waals surface area (Å²) in [5, 5.41) is 0. The minimum atomic E-state index is -0.0451. The molecule has 65 heavy (non-hydrogen) atoms. The highest BCUT2D eigenvalue weighted by molar-refractivity contribution is 7.00. The first-order chi connectivity index (χ1) is 30.4. The van der Waals surface area contributed by atoms with Crippen molar-refractivity contribution in [1.82, 2.24) is 0 Å². The molecule has 330 valence electrons. The third-order valence-electron chi connectivity index (χ3n) is 14.1. The summed E-state index contributed by atoms with van der Waals surface area (Å²) in [4.78, 5) is 5.26. The van der Waals surface area contributed by atoms with Gasteiger partial charge in [-0.05, 0) is 170 Å². The summed E-state index contributed by atoms with van der Waals surface area (Å²) < 4.78 is 0. The van der Waals surface area contributed by atoms with E-state index in [0.717, 1.165) is 0 Å². The molecule has 0 unspecified atom stereocenters. The van der Waals surface area contributed by atoms with Gasteiger partial charge in [0.05, 0.1) is 0 Å². The second-order valence-corrected chi connectivity index (χ2v) is 23.5. The molecule has 0 aromatic heterocycles. The van der Waals surface area contributed by atoms with Crippen molar-refractivity contribution in [3.05, 3.63) is 172 Å². The Bertz CT molecular complexity index is 2770. The van der Waals surface area contributed by atoms with E-state index in [9.17, 15) is 0 Å². The SMILES string of the molecule is Cc1ccc2c(c1)B1c3cc(C)ccc3N(c3cc(C(C)(C)C)cc(C(C)(C)C)c3)c3cc(-c4c(C)cc(-c5ccccc5)cc4C)cc(c31)N2c1cc(C(C)(C)C)cc(C(C)(C)C)c1. The van der Waals surface area contributed by atoms with Crippen molar-refractivity contribution >= 4 is 57.2 Å². The summed E-state index contributed by atoms with van der Waals surface area (Å²) in [6.45, 7) is 37.4. The highest BCUT2D eigenvalue weighted by Gasteiger charge is 2.44. The smallest absolute Gasteiger partial charge is 0.252 e. The molecule has 3 heteroatoms. The zero-order valence-electron chi connectivity index (χ0n) is 42.1. The molecule has 0 amide bonds. The van der Waals surface area contributed by atoms with Gasteiger partial charge in [-0.1, -0.05) is 173 Å². The molecule has 2 heterocycles. The fourth-order valence-corrected chi connectivity index (χ4v) is 10.4. The minimum absolute atomic E-state index is 0.0368. The van der Waals surface area contributed by atoms with Crippen LogP contribution in [0.3, 0.4) is 0 Å². The van der Waals surface area contributed by atoms with Crippen LogP contribution in [0.15, 0.2) is 127 Å². The van der Waals surface area contributed by atoms with E-state index in [1.165, 1.54) is 117 Å². The third-order valence-corrected chi connectivity index (χ3v) is 14.1. The van der Waals surface area contributed by atoms with E-state index in [4.69, 9.17) is 0 Å². The fraction of sp³-hybridized carbons (Fsp3) is 0.323. The Balaban J connectivity index is 1.44. The van der Waals surface area contributed by atoms with Crippen LogP contribution in [0.4, 0.5) is 34.1 Å². The van der Waals surface area contributed by atoms with Crippen molar-refractivity contribution in [2.24, 2.45) is 0 Å². The maximum absolute atomic E-state index is 2.63. The average Bonchev–Trinajstić information content (AvgIpc) is 3.22. The van der Waals surface area contributed by atoms with Crippen molar-refractivity contribution in [1.29, 1.82) is 0 Å². The quantitative estimate of drug-likeness (QED) is 0.163. The summed E-state index contributed by atoms with van der Waals surface area (Å²) in [7, 11) is 0. The largest absolute Gasteiger partial charge is 0.311 e. The number of benzene rings is 7. The van der Waals surface area contributed by atoms with Gasteiger partial charge in [-0.3, -0.25) is 0 Å². The molecule has 7 aromatic carbocycles. The van der Waals surface area contributed by atoms with Crippen molar-refractivity contribution in [3.8, 4) is 22.3 Å². The van der Waals surface area contributed by atoms with Gasteiger partial charge in [-0.25, -0.2) is 0 Å². The minimum Gasteiger partial charge on any atom is -0.311 e. The summed E-state index contributed by atoms with van der Waals surface area (Å²) in [6.07, 6.45) is 0. The summed E-state index contributed by atoms with van der Waals surface area (Å²) in [5.74, 6) is 0. The maximum atomic E-state index is 2.63. The van der Waals surface area contributed by atoms with Crippen molar-refractivity contribution in [2.75, 3.05) is 9.80 Å². The molecule has 7 aromatic rings. The van der Waals surface area contributed by atoms with Gasteiger partial charge < -0.3 is 9.80 Å². The molecule has 0 aliphatic carbocycles. The number of hydrogen-bond acceptors (Lipinski definition) is 2. The van der Waals surface area contributed by atoms with E-state index in [0.29, 0.717) is 0 Å². The Morgan fingerprint density at radius 3 is 1.11 bits per heavy atom. The monoisotopic (exact) mass is 853 g/mol. The lowest BCUT2D eigenvalue weighted by Gasteiger charge is -2.45. The predicted molar refractivity (Wildman–Crippen MR) is 285 cm³/mol. The van der Waals surface area contributed by atoms with Crippen LogP contribution in [-0.4, -0.2) is 6.71 Å². The van der Waals surface area contributed by atoms with Gasteiger partial charge in [-0.15, -0.1) is 0 Å². The van der Waals surface area contributed by atoms with Gasteiger partial charge in [0.15, 0.2) is 0 Å². The normalized spacial score (nSPS) is 13.8. The van der Waals surface area contributed by atoms with E-state index in [2.05, 4.69) is 248 Å². The molecule has 0 bridgehead atoms. The first-order valence-electron chi connectivity index (χ1n) is 23.9. The molecule has 0 fully saturated rings. The third kappa shape index (κ3) is 7.94. The lowest BCUT2D eigenvalue weighted by atomic mass is 9.33. The summed E-state index contributed by atoms with van der Waals surface area (Å²) >= 11 is 0. The molecule has 0 atom stereocenters. The Morgan fingerprint density at radius 2 is 0.738 bits per heavy atom. The second kappa shape index (κ2) is 15.4. The molecule has 0 spiro atoms. The second-order valence-electron chi connectivity index (χ2n) is 23.5. The molecule has 9 rings (SSSR count). The molecule has 0 radical (unpaired) electrons.